The minimum atomic E-state index is -0.948. The van der Waals surface area contributed by atoms with Gasteiger partial charge in [0, 0.05) is 12.6 Å². The molecule has 0 aliphatic heterocycles. The van der Waals surface area contributed by atoms with Crippen LogP contribution in [0.3, 0.4) is 0 Å². The number of carboxylic acid groups (broad SMARTS) is 1. The normalized spacial score (nSPS) is 23.3. The van der Waals surface area contributed by atoms with Gasteiger partial charge in [-0.1, -0.05) is 13.8 Å². The fraction of sp³-hybridized carbons (Fsp3) is 0.786. The molecule has 0 spiro atoms. The Morgan fingerprint density at radius 3 is 2.15 bits per heavy atom. The van der Waals surface area contributed by atoms with Crippen LogP contribution in [-0.2, 0) is 14.4 Å². The first-order chi connectivity index (χ1) is 9.12. The highest BCUT2D eigenvalue weighted by Crippen LogP contribution is 2.58. The van der Waals surface area contributed by atoms with Gasteiger partial charge in [-0.05, 0) is 26.2 Å². The summed E-state index contributed by atoms with van der Waals surface area (Å²) in [6.07, 6.45) is 0. The Morgan fingerprint density at radius 2 is 1.80 bits per heavy atom. The van der Waals surface area contributed by atoms with Crippen LogP contribution in [0.15, 0.2) is 0 Å². The molecule has 0 aromatic rings. The van der Waals surface area contributed by atoms with Crippen LogP contribution < -0.4 is 5.32 Å². The summed E-state index contributed by atoms with van der Waals surface area (Å²) in [5, 5.41) is 11.8. The maximum Gasteiger partial charge on any atom is 0.307 e. The lowest BCUT2D eigenvalue weighted by Gasteiger charge is -2.21. The van der Waals surface area contributed by atoms with Gasteiger partial charge in [-0.25, -0.2) is 0 Å². The van der Waals surface area contributed by atoms with Gasteiger partial charge in [0.05, 0.1) is 18.4 Å². The zero-order valence-corrected chi connectivity index (χ0v) is 12.8. The van der Waals surface area contributed by atoms with Crippen LogP contribution in [0, 0.1) is 17.3 Å². The summed E-state index contributed by atoms with van der Waals surface area (Å²) in [4.78, 5) is 36.6. The highest BCUT2D eigenvalue weighted by Gasteiger charge is 2.66. The lowest BCUT2D eigenvalue weighted by molar-refractivity contribution is -0.142. The van der Waals surface area contributed by atoms with E-state index in [1.165, 1.54) is 4.90 Å². The Bertz CT molecular complexity index is 417. The van der Waals surface area contributed by atoms with Gasteiger partial charge in [-0.15, -0.1) is 0 Å². The number of carbonyl (C=O) groups is 3. The van der Waals surface area contributed by atoms with Crippen LogP contribution in [0.5, 0.6) is 0 Å². The van der Waals surface area contributed by atoms with E-state index in [0.717, 1.165) is 0 Å². The molecular formula is C14H24N2O4. The highest BCUT2D eigenvalue weighted by molar-refractivity contribution is 5.93. The predicted molar refractivity (Wildman–Crippen MR) is 73.9 cm³/mol. The third kappa shape index (κ3) is 3.29. The highest BCUT2D eigenvalue weighted by atomic mass is 16.4. The van der Waals surface area contributed by atoms with Gasteiger partial charge in [-0.3, -0.25) is 14.4 Å². The zero-order chi connectivity index (χ0) is 15.7. The van der Waals surface area contributed by atoms with Gasteiger partial charge in [0.2, 0.25) is 11.8 Å². The summed E-state index contributed by atoms with van der Waals surface area (Å²) >= 11 is 0. The Morgan fingerprint density at radius 1 is 1.25 bits per heavy atom. The van der Waals surface area contributed by atoms with Gasteiger partial charge in [0.25, 0.3) is 0 Å². The summed E-state index contributed by atoms with van der Waals surface area (Å²) in [7, 11) is 0. The van der Waals surface area contributed by atoms with Gasteiger partial charge in [-0.2, -0.15) is 0 Å². The summed E-state index contributed by atoms with van der Waals surface area (Å²) in [6.45, 7) is 9.40. The molecule has 114 valence electrons. The fourth-order valence-electron chi connectivity index (χ4n) is 2.64. The van der Waals surface area contributed by atoms with Crippen molar-refractivity contribution < 1.29 is 19.5 Å². The maximum absolute atomic E-state index is 12.4. The number of rotatable bonds is 6. The van der Waals surface area contributed by atoms with Crippen LogP contribution in [0.2, 0.25) is 0 Å². The molecule has 0 unspecified atom stereocenters. The first kappa shape index (κ1) is 16.5. The number of nitrogens with zero attached hydrogens (tertiary/aromatic N) is 1. The summed E-state index contributed by atoms with van der Waals surface area (Å²) in [5.41, 5.74) is -0.537. The second-order valence-corrected chi connectivity index (χ2v) is 6.19. The summed E-state index contributed by atoms with van der Waals surface area (Å²) < 4.78 is 0. The van der Waals surface area contributed by atoms with Crippen molar-refractivity contribution in [3.8, 4) is 0 Å². The molecule has 0 heterocycles. The topological polar surface area (TPSA) is 86.7 Å². The fourth-order valence-corrected chi connectivity index (χ4v) is 2.64. The van der Waals surface area contributed by atoms with Crippen molar-refractivity contribution in [1.82, 2.24) is 10.2 Å². The number of amides is 2. The second-order valence-electron chi connectivity index (χ2n) is 6.19. The van der Waals surface area contributed by atoms with Crippen LogP contribution in [-0.4, -0.2) is 46.9 Å². The molecule has 20 heavy (non-hydrogen) atoms. The Labute approximate surface area is 119 Å². The van der Waals surface area contributed by atoms with E-state index in [9.17, 15) is 14.4 Å². The van der Waals surface area contributed by atoms with Crippen molar-refractivity contribution in [2.45, 2.75) is 40.7 Å². The predicted octanol–water partition coefficient (Wildman–Crippen LogP) is 0.716. The smallest absolute Gasteiger partial charge is 0.307 e. The third-order valence-electron chi connectivity index (χ3n) is 3.84. The molecule has 0 saturated heterocycles. The number of carbonyl (C=O) groups excluding carboxylic acids is 2. The molecule has 0 aromatic heterocycles. The minimum Gasteiger partial charge on any atom is -0.481 e. The van der Waals surface area contributed by atoms with Crippen molar-refractivity contribution in [1.29, 1.82) is 0 Å². The van der Waals surface area contributed by atoms with E-state index < -0.39 is 23.2 Å². The molecule has 1 aliphatic rings. The number of hydrogen-bond acceptors (Lipinski definition) is 3. The van der Waals surface area contributed by atoms with E-state index >= 15 is 0 Å². The molecule has 0 aromatic carbocycles. The Hall–Kier alpha value is -1.59. The van der Waals surface area contributed by atoms with E-state index in [1.54, 1.807) is 20.8 Å². The molecule has 0 bridgehead atoms. The van der Waals surface area contributed by atoms with E-state index in [1.807, 2.05) is 13.8 Å². The SMILES string of the molecule is CCN(CC(=O)NC(C)C)C(=O)[C@H]1[C@@H](C(=O)O)C1(C)C. The first-order valence-corrected chi connectivity index (χ1v) is 6.93. The lowest BCUT2D eigenvalue weighted by Crippen LogP contribution is -2.43. The third-order valence-corrected chi connectivity index (χ3v) is 3.84. The molecule has 6 nitrogen and oxygen atoms in total. The standard InChI is InChI=1S/C14H24N2O4/c1-6-16(7-9(17)15-8(2)3)12(18)10-11(13(19)20)14(10,4)5/h8,10-11H,6-7H2,1-5H3,(H,15,17)(H,19,20)/t10-,11+/m1/s1. The van der Waals surface area contributed by atoms with Crippen LogP contribution in [0.1, 0.15) is 34.6 Å². The largest absolute Gasteiger partial charge is 0.481 e. The first-order valence-electron chi connectivity index (χ1n) is 6.93. The molecule has 6 heteroatoms. The molecule has 2 N–H and O–H groups in total. The molecule has 1 fully saturated rings. The van der Waals surface area contributed by atoms with Gasteiger partial charge in [0.15, 0.2) is 0 Å². The zero-order valence-electron chi connectivity index (χ0n) is 12.8. The van der Waals surface area contributed by atoms with Gasteiger partial charge < -0.3 is 15.3 Å². The van der Waals surface area contributed by atoms with E-state index in [-0.39, 0.29) is 24.4 Å². The average molecular weight is 284 g/mol. The monoisotopic (exact) mass is 284 g/mol. The summed E-state index contributed by atoms with van der Waals surface area (Å²) in [6, 6.07) is 0.0143. The quantitative estimate of drug-likeness (QED) is 0.752. The van der Waals surface area contributed by atoms with Crippen molar-refractivity contribution in [2.24, 2.45) is 17.3 Å². The molecule has 0 radical (unpaired) electrons. The van der Waals surface area contributed by atoms with E-state index in [2.05, 4.69) is 5.32 Å². The van der Waals surface area contributed by atoms with Crippen molar-refractivity contribution in [3.05, 3.63) is 0 Å². The Balaban J connectivity index is 2.70. The maximum atomic E-state index is 12.4. The van der Waals surface area contributed by atoms with Gasteiger partial charge in [0.1, 0.15) is 0 Å². The van der Waals surface area contributed by atoms with E-state index in [0.29, 0.717) is 6.54 Å². The number of aliphatic carboxylic acids is 1. The number of likely N-dealkylation sites (N-methyl/N-ethyl adjacent to an activating group) is 1. The van der Waals surface area contributed by atoms with Crippen LogP contribution >= 0.6 is 0 Å². The summed E-state index contributed by atoms with van der Waals surface area (Å²) in [5.74, 6) is -2.61. The van der Waals surface area contributed by atoms with Crippen molar-refractivity contribution >= 4 is 17.8 Å². The van der Waals surface area contributed by atoms with Crippen LogP contribution in [0.4, 0.5) is 0 Å². The number of hydrogen-bond donors (Lipinski definition) is 2. The lowest BCUT2D eigenvalue weighted by atomic mass is 10.1. The molecule has 1 rings (SSSR count). The Kier molecular flexibility index (Phi) is 4.78. The molecule has 1 saturated carbocycles. The van der Waals surface area contributed by atoms with E-state index in [4.69, 9.17) is 5.11 Å². The molecule has 1 aliphatic carbocycles. The molecule has 2 atom stereocenters. The average Bonchev–Trinajstić information content (AvgIpc) is 2.87. The van der Waals surface area contributed by atoms with Crippen molar-refractivity contribution in [2.75, 3.05) is 13.1 Å². The molecular weight excluding hydrogens is 260 g/mol. The number of nitrogens with one attached hydrogen (secondary N) is 1. The second kappa shape index (κ2) is 5.81. The minimum absolute atomic E-state index is 0.0143. The van der Waals surface area contributed by atoms with Crippen LogP contribution in [0.25, 0.3) is 0 Å². The van der Waals surface area contributed by atoms with Gasteiger partial charge >= 0.3 is 5.97 Å². The molecule has 2 amide bonds. The number of carboxylic acids is 1. The van der Waals surface area contributed by atoms with Crippen molar-refractivity contribution in [3.63, 3.8) is 0 Å².